The van der Waals surface area contributed by atoms with Gasteiger partial charge < -0.3 is 0 Å². The first-order valence-corrected chi connectivity index (χ1v) is 1.70. The molecule has 0 aromatic carbocycles. The second-order valence-corrected chi connectivity index (χ2v) is 1.29. The smallest absolute Gasteiger partial charge is 0.284 e. The molecule has 0 unspecified atom stereocenters. The Kier molecular flexibility index (Phi) is 1.97. The predicted molar refractivity (Wildman–Crippen MR) is 19.3 cm³/mol. The Balaban J connectivity index is 3.90. The van der Waals surface area contributed by atoms with Gasteiger partial charge in [-0.2, -0.15) is 0 Å². The van der Waals surface area contributed by atoms with E-state index in [4.69, 9.17) is 0 Å². The molecule has 47 valence electrons. The van der Waals surface area contributed by atoms with Gasteiger partial charge in [-0.25, -0.2) is 4.39 Å². The van der Waals surface area contributed by atoms with Gasteiger partial charge in [0.15, 0.2) is 0 Å². The first kappa shape index (κ1) is 7.42. The molecule has 0 heterocycles. The van der Waals surface area contributed by atoms with Crippen molar-refractivity contribution in [2.45, 2.75) is 12.7 Å². The second kappa shape index (κ2) is 2.13. The molecule has 0 spiro atoms. The molecule has 0 fully saturated rings. The Hall–Kier alpha value is -0.580. The molecule has 8 heavy (non-hydrogen) atoms. The maximum atomic E-state index is 11.7. The third kappa shape index (κ3) is 1.49. The molecule has 1 radical (unpaired) electrons. The molecule has 0 N–H and O–H groups in total. The zero-order chi connectivity index (χ0) is 6.78. The minimum absolute atomic E-state index is 0.403. The highest BCUT2D eigenvalue weighted by atomic mass is 19.4. The molecule has 1 atom stereocenters. The zero-order valence-electron chi connectivity index (χ0n) is 3.99. The lowest BCUT2D eigenvalue weighted by molar-refractivity contribution is -0.243. The third-order valence-electron chi connectivity index (χ3n) is 0.504. The van der Waals surface area contributed by atoms with Crippen LogP contribution in [-0.4, -0.2) is 17.4 Å². The van der Waals surface area contributed by atoms with Crippen LogP contribution in [0.3, 0.4) is 0 Å². The van der Waals surface area contributed by atoms with E-state index in [9.17, 15) is 18.1 Å². The fraction of sp³-hybridized carbons (Fsp3) is 0.667. The number of rotatable bonds is 2. The Morgan fingerprint density at radius 1 is 1.62 bits per heavy atom. The lowest BCUT2D eigenvalue weighted by Crippen LogP contribution is -2.32. The molecule has 0 aliphatic rings. The van der Waals surface area contributed by atoms with Crippen molar-refractivity contribution in [2.24, 2.45) is 0 Å². The lowest BCUT2D eigenvalue weighted by atomic mass is 10.4. The number of hydrogen-bond donors (Lipinski definition) is 0. The molecule has 0 rings (SSSR count). The van der Waals surface area contributed by atoms with Crippen molar-refractivity contribution >= 4 is 6.29 Å². The molecule has 0 aromatic heterocycles. The van der Waals surface area contributed by atoms with Crippen molar-refractivity contribution < 1.29 is 18.1 Å². The Bertz CT molecular complexity index is 92.5. The van der Waals surface area contributed by atoms with Gasteiger partial charge in [0.25, 0.3) is 12.1 Å². The van der Waals surface area contributed by atoms with Crippen LogP contribution in [0.1, 0.15) is 6.92 Å². The van der Waals surface area contributed by atoms with E-state index < -0.39 is 11.1 Å². The highest BCUT2D eigenvalue weighted by molar-refractivity contribution is 5.60. The van der Waals surface area contributed by atoms with E-state index in [1.165, 1.54) is 0 Å². The highest BCUT2D eigenvalue weighted by Gasteiger charge is 2.33. The van der Waals surface area contributed by atoms with Crippen LogP contribution in [0.25, 0.3) is 0 Å². The summed E-state index contributed by atoms with van der Waals surface area (Å²) in [5, 5.41) is -1.85. The van der Waals surface area contributed by atoms with E-state index in [-0.39, 0.29) is 0 Å². The molecule has 0 amide bonds. The van der Waals surface area contributed by atoms with Crippen molar-refractivity contribution in [3.05, 3.63) is 0 Å². The predicted octanol–water partition coefficient (Wildman–Crippen LogP) is 0.853. The molecule has 0 aliphatic heterocycles. The fourth-order valence-electron chi connectivity index (χ4n) is 0.0345. The molecule has 0 aromatic rings. The van der Waals surface area contributed by atoms with Crippen molar-refractivity contribution in [3.8, 4) is 0 Å². The van der Waals surface area contributed by atoms with Gasteiger partial charge in [-0.1, -0.05) is 8.96 Å². The summed E-state index contributed by atoms with van der Waals surface area (Å²) < 4.78 is 33.7. The van der Waals surface area contributed by atoms with Crippen LogP contribution in [0.4, 0.5) is 13.4 Å². The van der Waals surface area contributed by atoms with Crippen LogP contribution in [0.5, 0.6) is 0 Å². The minimum atomic E-state index is -3.26. The fourth-order valence-corrected chi connectivity index (χ4v) is 0.0345. The zero-order valence-corrected chi connectivity index (χ0v) is 3.99. The molecule has 0 bridgehead atoms. The number of carbonyl (C=O) groups excluding carboxylic acids is 1. The van der Waals surface area contributed by atoms with Crippen molar-refractivity contribution in [3.63, 3.8) is 0 Å². The summed E-state index contributed by atoms with van der Waals surface area (Å²) in [5.41, 5.74) is 0. The Morgan fingerprint density at radius 3 is 2.00 bits per heavy atom. The Morgan fingerprint density at radius 2 is 2.00 bits per heavy atom. The standard InChI is InChI=1S/C3H3F3NO/c1-3(4,2-8)7(5)6/h1H3/t3-/m0/s1. The largest absolute Gasteiger partial charge is 0.285 e. The monoisotopic (exact) mass is 126 g/mol. The number of nitrogens with zero attached hydrogens (tertiary/aromatic N) is 1. The molecule has 0 aliphatic carbocycles. The van der Waals surface area contributed by atoms with Gasteiger partial charge in [0.05, 0.1) is 5.34 Å². The van der Waals surface area contributed by atoms with Gasteiger partial charge in [0.2, 0.25) is 0 Å². The van der Waals surface area contributed by atoms with Crippen molar-refractivity contribution in [2.75, 3.05) is 0 Å². The second-order valence-electron chi connectivity index (χ2n) is 1.29. The van der Waals surface area contributed by atoms with E-state index in [0.717, 1.165) is 0 Å². The molecular weight excluding hydrogens is 123 g/mol. The van der Waals surface area contributed by atoms with Crippen molar-refractivity contribution in [1.82, 2.24) is 5.34 Å². The number of halogens is 3. The van der Waals surface area contributed by atoms with Crippen molar-refractivity contribution in [1.29, 1.82) is 0 Å². The van der Waals surface area contributed by atoms with Gasteiger partial charge in [-0.3, -0.25) is 4.79 Å². The molecule has 0 saturated carbocycles. The topological polar surface area (TPSA) is 20.3 Å². The van der Waals surface area contributed by atoms with E-state index in [1.54, 1.807) is 0 Å². The average molecular weight is 126 g/mol. The van der Waals surface area contributed by atoms with Crippen LogP contribution in [-0.2, 0) is 4.79 Å². The van der Waals surface area contributed by atoms with Crippen LogP contribution >= 0.6 is 0 Å². The molecule has 2 nitrogen and oxygen atoms in total. The van der Waals surface area contributed by atoms with Gasteiger partial charge >= 0.3 is 0 Å². The maximum absolute atomic E-state index is 11.7. The lowest BCUT2D eigenvalue weighted by Gasteiger charge is -2.08. The minimum Gasteiger partial charge on any atom is -0.285 e. The van der Waals surface area contributed by atoms with Gasteiger partial charge in [0, 0.05) is 0 Å². The van der Waals surface area contributed by atoms with E-state index in [2.05, 4.69) is 0 Å². The van der Waals surface area contributed by atoms with Crippen LogP contribution in [0, 0.1) is 0 Å². The summed E-state index contributed by atoms with van der Waals surface area (Å²) in [5.74, 6) is -3.26. The summed E-state index contributed by atoms with van der Waals surface area (Å²) in [6, 6.07) is 0. The molecule has 0 saturated heterocycles. The quantitative estimate of drug-likeness (QED) is 0.404. The van der Waals surface area contributed by atoms with Crippen LogP contribution in [0.2, 0.25) is 0 Å². The van der Waals surface area contributed by atoms with E-state index in [0.29, 0.717) is 13.2 Å². The number of hydrogen-bond acceptors (Lipinski definition) is 2. The highest BCUT2D eigenvalue weighted by Crippen LogP contribution is 2.13. The summed E-state index contributed by atoms with van der Waals surface area (Å²) in [4.78, 5) is 9.25. The van der Waals surface area contributed by atoms with Crippen LogP contribution in [0.15, 0.2) is 0 Å². The van der Waals surface area contributed by atoms with Gasteiger partial charge in [0.1, 0.15) is 0 Å². The third-order valence-corrected chi connectivity index (χ3v) is 0.504. The Labute approximate surface area is 43.8 Å². The van der Waals surface area contributed by atoms with E-state index >= 15 is 0 Å². The normalized spacial score (nSPS) is 18.1. The molecular formula is C3H3F3NO. The summed E-state index contributed by atoms with van der Waals surface area (Å²) >= 11 is 0. The number of alkyl halides is 1. The van der Waals surface area contributed by atoms with E-state index in [1.807, 2.05) is 0 Å². The maximum Gasteiger partial charge on any atom is 0.284 e. The van der Waals surface area contributed by atoms with Gasteiger partial charge in [-0.15, -0.1) is 0 Å². The first-order valence-electron chi connectivity index (χ1n) is 1.70. The summed E-state index contributed by atoms with van der Waals surface area (Å²) in [6.07, 6.45) is 0.500. The average Bonchev–Trinajstić information content (AvgIpc) is 1.67. The molecule has 5 heteroatoms. The summed E-state index contributed by atoms with van der Waals surface area (Å²) in [7, 11) is 0. The summed E-state index contributed by atoms with van der Waals surface area (Å²) in [6.45, 7) is 0.403. The van der Waals surface area contributed by atoms with Crippen LogP contribution < -0.4 is 0 Å². The first-order chi connectivity index (χ1) is 3.50. The SMILES string of the molecule is C[C@@](F)([C]=O)N(F)F. The van der Waals surface area contributed by atoms with Gasteiger partial charge in [-0.05, 0) is 6.92 Å².